The molecule has 0 aromatic carbocycles. The van der Waals surface area contributed by atoms with Crippen LogP contribution in [0.4, 0.5) is 0 Å². The van der Waals surface area contributed by atoms with Crippen LogP contribution in [0.5, 0.6) is 0 Å². The van der Waals surface area contributed by atoms with Gasteiger partial charge in [-0.25, -0.2) is 9.59 Å². The normalized spacial score (nSPS) is 19.8. The first-order chi connectivity index (χ1) is 51.6. The van der Waals surface area contributed by atoms with Crippen LogP contribution < -0.4 is 22.1 Å². The molecule has 12 atom stereocenters. The Labute approximate surface area is 667 Å². The zero-order valence-corrected chi connectivity index (χ0v) is 67.5. The number of hydroxylamine groups is 4. The number of amides is 6. The van der Waals surface area contributed by atoms with E-state index in [0.717, 1.165) is 38.5 Å². The van der Waals surface area contributed by atoms with Gasteiger partial charge in [-0.05, 0) is 79.1 Å². The number of nitrogens with two attached hydrogens (primary N) is 2. The van der Waals surface area contributed by atoms with Crippen LogP contribution in [0.25, 0.3) is 0 Å². The lowest BCUT2D eigenvalue weighted by atomic mass is 9.99. The molecule has 0 spiro atoms. The fourth-order valence-electron chi connectivity index (χ4n) is 9.70. The van der Waals surface area contributed by atoms with Crippen molar-refractivity contribution in [1.29, 1.82) is 0 Å². The second kappa shape index (κ2) is 57.1. The van der Waals surface area contributed by atoms with Crippen molar-refractivity contribution in [2.24, 2.45) is 35.1 Å². The van der Waals surface area contributed by atoms with Crippen molar-refractivity contribution in [2.45, 2.75) is 221 Å². The maximum absolute atomic E-state index is 12.7. The molecule has 3 aliphatic carbocycles. The molecule has 12 unspecified atom stereocenters. The molecule has 0 aromatic rings. The van der Waals surface area contributed by atoms with E-state index in [-0.39, 0.29) is 183 Å². The van der Waals surface area contributed by atoms with Crippen LogP contribution in [0.2, 0.25) is 0 Å². The summed E-state index contributed by atoms with van der Waals surface area (Å²) in [4.78, 5) is 215. The summed E-state index contributed by atoms with van der Waals surface area (Å²) < 4.78 is 15.6. The van der Waals surface area contributed by atoms with Gasteiger partial charge in [0.2, 0.25) is 11.8 Å². The van der Waals surface area contributed by atoms with Crippen molar-refractivity contribution in [1.82, 2.24) is 20.8 Å². The van der Waals surface area contributed by atoms with Gasteiger partial charge >= 0.3 is 35.8 Å². The van der Waals surface area contributed by atoms with Gasteiger partial charge < -0.3 is 66.4 Å². The van der Waals surface area contributed by atoms with Crippen LogP contribution in [0.1, 0.15) is 177 Å². The van der Waals surface area contributed by atoms with Gasteiger partial charge in [0, 0.05) is 136 Å². The Balaban J connectivity index is 0.000000752. The van der Waals surface area contributed by atoms with Gasteiger partial charge in [-0.15, -0.1) is 10.1 Å². The van der Waals surface area contributed by atoms with Crippen molar-refractivity contribution in [3.63, 3.8) is 0 Å². The van der Waals surface area contributed by atoms with E-state index in [2.05, 4.69) is 20.3 Å². The number of carbonyl (C=O) groups is 18. The number of Topliss-reactive ketones (excluding diaryl/α,β-unsaturated/α-hetero) is 6. The van der Waals surface area contributed by atoms with Gasteiger partial charge in [0.25, 0.3) is 23.6 Å². The molecule has 3 saturated carbocycles. The van der Waals surface area contributed by atoms with Crippen molar-refractivity contribution >= 4 is 177 Å². The maximum atomic E-state index is 12.7. The molecular formula is C71H112N6O27S6. The number of ether oxygens (including phenoxy) is 3. The lowest BCUT2D eigenvalue weighted by Gasteiger charge is -2.37. The first-order valence-electron chi connectivity index (χ1n) is 36.1. The highest BCUT2D eigenvalue weighted by molar-refractivity contribution is 8.04. The highest BCUT2D eigenvalue weighted by Crippen LogP contribution is 2.44. The first-order valence-corrected chi connectivity index (χ1v) is 42.4. The predicted molar refractivity (Wildman–Crippen MR) is 415 cm³/mol. The molecule has 0 aromatic heterocycles. The number of hydrogen-bond acceptors (Lipinski definition) is 31. The van der Waals surface area contributed by atoms with E-state index in [4.69, 9.17) is 41.0 Å². The highest BCUT2D eigenvalue weighted by atomic mass is 32.2. The molecule has 5 fully saturated rings. The Morgan fingerprint density at radius 2 is 0.664 bits per heavy atom. The van der Waals surface area contributed by atoms with Crippen LogP contribution in [0.3, 0.4) is 0 Å². The SMILES string of the molecule is C.CCC(CSC1CCC1SCC(CC(=O)CCOCCC(C)=O)C(=O)NCC(C)=O)C(=O)NCC(C)=O.CCC(CSC1CCC1SCC(CC(=O)CCOCCC(C)=O)C(=O)O)C(=O)O.NC(CSC1CCC1SCC(N)C(=O)O)C(=O)O.O=C(CCOCCC(=O)ON1C(=O)CCC1=O)ON1C(=O)CCC1=O. The lowest BCUT2D eigenvalue weighted by molar-refractivity contribution is -0.199. The molecule has 6 amide bonds. The van der Waals surface area contributed by atoms with E-state index in [1.54, 1.807) is 70.6 Å². The molecule has 5 aliphatic rings. The predicted octanol–water partition coefficient (Wildman–Crippen LogP) is 4.96. The zero-order valence-electron chi connectivity index (χ0n) is 62.6. The smallest absolute Gasteiger partial charge is 0.335 e. The number of nitrogens with one attached hydrogen (secondary N) is 2. The molecule has 2 aliphatic heterocycles. The molecule has 110 heavy (non-hydrogen) atoms. The van der Waals surface area contributed by atoms with Crippen LogP contribution in [0.15, 0.2) is 0 Å². The van der Waals surface area contributed by atoms with Gasteiger partial charge in [0.15, 0.2) is 0 Å². The molecule has 2 saturated heterocycles. The van der Waals surface area contributed by atoms with Crippen molar-refractivity contribution in [3.8, 4) is 0 Å². The minimum absolute atomic E-state index is 0. The minimum atomic E-state index is -0.987. The molecule has 39 heteroatoms. The Hall–Kier alpha value is -6.04. The van der Waals surface area contributed by atoms with E-state index >= 15 is 0 Å². The number of hydrogen-bond donors (Lipinski definition) is 8. The number of rotatable bonds is 54. The Kier molecular flexibility index (Phi) is 52.9. The molecule has 0 bridgehead atoms. The standard InChI is InChI=1S/C26H42N2O7S2.C20H32O7S2.C14H16N2O9.C10H18N2O4S2.CH4/c1-5-20(25(33)27-13-18(3)30)15-36-23-6-7-24(23)37-16-21(26(34)28-14-19(4)31)12-22(32)9-11-35-10-8-17(2)29;1-3-14(19(23)24)11-28-17-4-5-18(17)29-12-15(20(25)26)10-16(22)7-9-27-8-6-13(2)21;17-9-1-2-10(18)15(9)24-13(21)5-7-23-8-6-14(22)25-16-11(19)3-4-12(16)20;11-5(9(13)14)3-17-7-1-2-8(7)18-4-6(12)10(15)16;/h20-21,23-24H,5-16H2,1-4H3,(H,27,33)(H,28,34);14-15,17-18H,3-12H2,1-2H3,(H,23,24)(H,25,26);1-8H2;5-8H,1-4,11-12H2,(H,13,14)(H,15,16);1H4. The number of carbonyl (C=O) groups excluding carboxylic acids is 14. The fraction of sp³-hybridized carbons (Fsp3) is 0.746. The highest BCUT2D eigenvalue weighted by Gasteiger charge is 2.39. The van der Waals surface area contributed by atoms with Gasteiger partial charge in [0.1, 0.15) is 46.8 Å². The number of ketones is 6. The minimum Gasteiger partial charge on any atom is -0.481 e. The number of thioether (sulfide) groups is 6. The molecule has 5 rings (SSSR count). The summed E-state index contributed by atoms with van der Waals surface area (Å²) in [5, 5.41) is 44.2. The number of carboxylic acid groups (broad SMARTS) is 4. The second-order valence-corrected chi connectivity index (χ2v) is 33.9. The van der Waals surface area contributed by atoms with Gasteiger partial charge in [-0.1, -0.05) is 21.3 Å². The van der Waals surface area contributed by atoms with Crippen molar-refractivity contribution in [3.05, 3.63) is 0 Å². The first kappa shape index (κ1) is 102. The summed E-state index contributed by atoms with van der Waals surface area (Å²) in [7, 11) is 0. The Bertz CT molecular complexity index is 2970. The summed E-state index contributed by atoms with van der Waals surface area (Å²) in [5.41, 5.74) is 10.9. The van der Waals surface area contributed by atoms with Crippen LogP contribution in [-0.2, 0) is 110 Å². The third-order valence-electron chi connectivity index (χ3n) is 17.1. The summed E-state index contributed by atoms with van der Waals surface area (Å²) in [5.74, 6) is -7.34. The summed E-state index contributed by atoms with van der Waals surface area (Å²) in [6.45, 7) is 10.4. The number of nitrogens with zero attached hydrogens (tertiary/aromatic N) is 2. The number of imide groups is 2. The van der Waals surface area contributed by atoms with E-state index < -0.39 is 83.4 Å². The Morgan fingerprint density at radius 3 is 0.955 bits per heavy atom. The monoisotopic (exact) mass is 1670 g/mol. The van der Waals surface area contributed by atoms with Crippen LogP contribution in [0, 0.1) is 23.7 Å². The van der Waals surface area contributed by atoms with Gasteiger partial charge in [-0.3, -0.25) is 76.7 Å². The van der Waals surface area contributed by atoms with E-state index in [0.29, 0.717) is 102 Å². The van der Waals surface area contributed by atoms with Crippen molar-refractivity contribution in [2.75, 3.05) is 87.2 Å². The lowest BCUT2D eigenvalue weighted by Crippen LogP contribution is -2.39. The van der Waals surface area contributed by atoms with E-state index in [1.165, 1.54) is 27.7 Å². The van der Waals surface area contributed by atoms with E-state index in [9.17, 15) is 91.4 Å². The Morgan fingerprint density at radius 1 is 0.391 bits per heavy atom. The van der Waals surface area contributed by atoms with Gasteiger partial charge in [0.05, 0.1) is 83.3 Å². The summed E-state index contributed by atoms with van der Waals surface area (Å²) >= 11 is 9.78. The third-order valence-corrected chi connectivity index (χ3v) is 27.0. The number of aliphatic carboxylic acids is 4. The van der Waals surface area contributed by atoms with Crippen LogP contribution >= 0.6 is 70.6 Å². The molecule has 33 nitrogen and oxygen atoms in total. The number of carboxylic acids is 4. The summed E-state index contributed by atoms with van der Waals surface area (Å²) in [6.07, 6.45) is 7.99. The third kappa shape index (κ3) is 43.3. The molecule has 624 valence electrons. The average molecular weight is 1670 g/mol. The van der Waals surface area contributed by atoms with Crippen molar-refractivity contribution < 1.29 is 131 Å². The zero-order chi connectivity index (χ0) is 81.7. The average Bonchev–Trinajstić information content (AvgIpc) is 1.15. The second-order valence-electron chi connectivity index (χ2n) is 26.3. The topological polar surface area (TPSA) is 517 Å². The van der Waals surface area contributed by atoms with E-state index in [1.807, 2.05) is 13.8 Å². The maximum Gasteiger partial charge on any atom is 0.335 e. The molecule has 0 radical (unpaired) electrons. The van der Waals surface area contributed by atoms with Crippen LogP contribution in [-0.4, -0.2) is 267 Å². The molecular weight excluding hydrogens is 1560 g/mol. The fourth-order valence-corrected chi connectivity index (χ4v) is 19.4. The molecule has 10 N–H and O–H groups in total. The quantitative estimate of drug-likeness (QED) is 0.0294. The van der Waals surface area contributed by atoms with Gasteiger partial charge in [-0.2, -0.15) is 70.6 Å². The summed E-state index contributed by atoms with van der Waals surface area (Å²) in [6, 6.07) is -1.66. The molecule has 2 heterocycles. The largest absolute Gasteiger partial charge is 0.481 e.